The number of carbonyl (C=O) groups excluding carboxylic acids is 1. The molecule has 0 unspecified atom stereocenters. The number of carbonyl (C=O) groups is 1. The van der Waals surface area contributed by atoms with Gasteiger partial charge in [-0.25, -0.2) is 0 Å². The summed E-state index contributed by atoms with van der Waals surface area (Å²) in [5.74, 6) is 1.71. The predicted octanol–water partition coefficient (Wildman–Crippen LogP) is 3.27. The van der Waals surface area contributed by atoms with Crippen LogP contribution in [0, 0.1) is 13.8 Å². The van der Waals surface area contributed by atoms with E-state index in [2.05, 4.69) is 28.6 Å². The Hall–Kier alpha value is -1.59. The number of aryl methyl sites for hydroxylation is 2. The second-order valence-electron chi connectivity index (χ2n) is 5.78. The van der Waals surface area contributed by atoms with Gasteiger partial charge < -0.3 is 9.73 Å². The average Bonchev–Trinajstić information content (AvgIpc) is 3.02. The van der Waals surface area contributed by atoms with Gasteiger partial charge in [-0.15, -0.1) is 11.3 Å². The van der Waals surface area contributed by atoms with Gasteiger partial charge in [0.1, 0.15) is 11.5 Å². The molecule has 4 nitrogen and oxygen atoms in total. The molecule has 2 aromatic rings. The van der Waals surface area contributed by atoms with Gasteiger partial charge in [0.05, 0.1) is 5.56 Å². The summed E-state index contributed by atoms with van der Waals surface area (Å²) in [4.78, 5) is 16.1. The van der Waals surface area contributed by atoms with Crippen LogP contribution in [-0.2, 0) is 19.5 Å². The Morgan fingerprint density at radius 1 is 1.45 bits per heavy atom. The Labute approximate surface area is 135 Å². The van der Waals surface area contributed by atoms with Gasteiger partial charge in [0, 0.05) is 43.0 Å². The maximum Gasteiger partial charge on any atom is 0.255 e. The van der Waals surface area contributed by atoms with E-state index in [0.29, 0.717) is 6.54 Å². The van der Waals surface area contributed by atoms with Crippen LogP contribution in [0.5, 0.6) is 0 Å². The first-order chi connectivity index (χ1) is 10.6. The maximum absolute atomic E-state index is 12.3. The summed E-state index contributed by atoms with van der Waals surface area (Å²) in [7, 11) is 0. The molecule has 3 heterocycles. The molecule has 0 saturated heterocycles. The van der Waals surface area contributed by atoms with Crippen LogP contribution in [0.2, 0.25) is 0 Å². The summed E-state index contributed by atoms with van der Waals surface area (Å²) in [5, 5.41) is 5.03. The lowest BCUT2D eigenvalue weighted by molar-refractivity contribution is 0.0952. The second kappa shape index (κ2) is 6.26. The van der Waals surface area contributed by atoms with Crippen LogP contribution >= 0.6 is 11.3 Å². The second-order valence-corrected chi connectivity index (χ2v) is 6.78. The first-order valence-electron chi connectivity index (χ1n) is 7.74. The summed E-state index contributed by atoms with van der Waals surface area (Å²) in [6.07, 6.45) is 0.875. The van der Waals surface area contributed by atoms with Crippen molar-refractivity contribution >= 4 is 17.2 Å². The molecule has 1 N–H and O–H groups in total. The molecule has 0 aliphatic carbocycles. The topological polar surface area (TPSA) is 45.5 Å². The molecular weight excluding hydrogens is 296 g/mol. The van der Waals surface area contributed by atoms with Crippen molar-refractivity contribution in [1.29, 1.82) is 0 Å². The molecule has 0 atom stereocenters. The number of hydrogen-bond donors (Lipinski definition) is 1. The Morgan fingerprint density at radius 2 is 2.27 bits per heavy atom. The highest BCUT2D eigenvalue weighted by Crippen LogP contribution is 2.29. The molecule has 0 spiro atoms. The van der Waals surface area contributed by atoms with E-state index in [-0.39, 0.29) is 5.91 Å². The van der Waals surface area contributed by atoms with Crippen LogP contribution in [0.25, 0.3) is 0 Å². The molecule has 0 saturated carbocycles. The molecule has 0 radical (unpaired) electrons. The van der Waals surface area contributed by atoms with Gasteiger partial charge in [-0.3, -0.25) is 9.69 Å². The summed E-state index contributed by atoms with van der Waals surface area (Å²) in [5.41, 5.74) is 3.16. The highest BCUT2D eigenvalue weighted by Gasteiger charge is 2.28. The van der Waals surface area contributed by atoms with Crippen molar-refractivity contribution in [2.45, 2.75) is 40.3 Å². The summed E-state index contributed by atoms with van der Waals surface area (Å²) < 4.78 is 5.83. The fraction of sp³-hybridized carbons (Fsp3) is 0.471. The van der Waals surface area contributed by atoms with Gasteiger partial charge in [-0.1, -0.05) is 0 Å². The van der Waals surface area contributed by atoms with Crippen molar-refractivity contribution in [2.24, 2.45) is 0 Å². The minimum absolute atomic E-state index is 0.0147. The number of hydrogen-bond acceptors (Lipinski definition) is 4. The number of nitrogens with zero attached hydrogens (tertiary/aromatic N) is 1. The Morgan fingerprint density at radius 3 is 2.95 bits per heavy atom. The van der Waals surface area contributed by atoms with E-state index in [9.17, 15) is 4.79 Å². The molecular formula is C17H22N2O2S. The lowest BCUT2D eigenvalue weighted by Crippen LogP contribution is -2.31. The molecule has 1 amide bonds. The van der Waals surface area contributed by atoms with E-state index in [0.717, 1.165) is 48.7 Å². The lowest BCUT2D eigenvalue weighted by Gasteiger charge is -2.26. The van der Waals surface area contributed by atoms with E-state index in [4.69, 9.17) is 4.42 Å². The number of amides is 1. The normalized spacial score (nSPS) is 14.9. The zero-order chi connectivity index (χ0) is 15.7. The summed E-state index contributed by atoms with van der Waals surface area (Å²) in [6, 6.07) is 2.16. The Balaban J connectivity index is 1.82. The minimum Gasteiger partial charge on any atom is -0.465 e. The molecule has 0 fully saturated rings. The SMILES string of the molecule is CCNC(=O)c1c(C)oc2c1CN(Cc1sccc1C)CC2. The molecule has 1 aliphatic heterocycles. The predicted molar refractivity (Wildman–Crippen MR) is 88.3 cm³/mol. The van der Waals surface area contributed by atoms with Crippen molar-refractivity contribution in [1.82, 2.24) is 10.2 Å². The third-order valence-electron chi connectivity index (χ3n) is 4.20. The van der Waals surface area contributed by atoms with Gasteiger partial charge in [0.2, 0.25) is 0 Å². The zero-order valence-corrected chi connectivity index (χ0v) is 14.2. The van der Waals surface area contributed by atoms with Crippen molar-refractivity contribution in [2.75, 3.05) is 13.1 Å². The van der Waals surface area contributed by atoms with Gasteiger partial charge in [0.25, 0.3) is 5.91 Å². The molecule has 118 valence electrons. The number of rotatable bonds is 4. The van der Waals surface area contributed by atoms with E-state index in [1.165, 1.54) is 10.4 Å². The van der Waals surface area contributed by atoms with Gasteiger partial charge in [-0.05, 0) is 37.8 Å². The fourth-order valence-corrected chi connectivity index (χ4v) is 3.98. The highest BCUT2D eigenvalue weighted by atomic mass is 32.1. The number of fused-ring (bicyclic) bond motifs is 1. The minimum atomic E-state index is -0.0147. The smallest absolute Gasteiger partial charge is 0.255 e. The third kappa shape index (κ3) is 2.83. The van der Waals surface area contributed by atoms with Crippen molar-refractivity contribution in [3.8, 4) is 0 Å². The van der Waals surface area contributed by atoms with E-state index < -0.39 is 0 Å². The van der Waals surface area contributed by atoms with Gasteiger partial charge in [0.15, 0.2) is 0 Å². The zero-order valence-electron chi connectivity index (χ0n) is 13.4. The van der Waals surface area contributed by atoms with Crippen LogP contribution in [0.4, 0.5) is 0 Å². The van der Waals surface area contributed by atoms with Crippen molar-refractivity contribution in [3.05, 3.63) is 44.5 Å². The quantitative estimate of drug-likeness (QED) is 0.941. The standard InChI is InChI=1S/C17H22N2O2S/c1-4-18-17(20)16-12(3)21-14-5-7-19(9-13(14)16)10-15-11(2)6-8-22-15/h6,8H,4-5,7,9-10H2,1-3H3,(H,18,20). The third-order valence-corrected chi connectivity index (χ3v) is 5.21. The van der Waals surface area contributed by atoms with E-state index in [1.807, 2.05) is 13.8 Å². The number of furan rings is 1. The molecule has 3 rings (SSSR count). The Bertz CT molecular complexity index is 687. The number of nitrogens with one attached hydrogen (secondary N) is 1. The summed E-state index contributed by atoms with van der Waals surface area (Å²) in [6.45, 7) is 9.33. The first-order valence-corrected chi connectivity index (χ1v) is 8.62. The van der Waals surface area contributed by atoms with E-state index in [1.54, 1.807) is 11.3 Å². The first kappa shape index (κ1) is 15.3. The van der Waals surface area contributed by atoms with Gasteiger partial charge in [-0.2, -0.15) is 0 Å². The highest BCUT2D eigenvalue weighted by molar-refractivity contribution is 7.10. The van der Waals surface area contributed by atoms with Crippen LogP contribution in [-0.4, -0.2) is 23.9 Å². The molecule has 0 aromatic carbocycles. The maximum atomic E-state index is 12.3. The van der Waals surface area contributed by atoms with Crippen molar-refractivity contribution < 1.29 is 9.21 Å². The molecule has 5 heteroatoms. The Kier molecular flexibility index (Phi) is 4.36. The van der Waals surface area contributed by atoms with Crippen LogP contribution in [0.15, 0.2) is 15.9 Å². The number of thiophene rings is 1. The largest absolute Gasteiger partial charge is 0.465 e. The molecule has 2 aromatic heterocycles. The fourth-order valence-electron chi connectivity index (χ4n) is 3.03. The molecule has 22 heavy (non-hydrogen) atoms. The van der Waals surface area contributed by atoms with Crippen LogP contribution in [0.3, 0.4) is 0 Å². The van der Waals surface area contributed by atoms with E-state index >= 15 is 0 Å². The van der Waals surface area contributed by atoms with Gasteiger partial charge >= 0.3 is 0 Å². The monoisotopic (exact) mass is 318 g/mol. The lowest BCUT2D eigenvalue weighted by atomic mass is 10.0. The van der Waals surface area contributed by atoms with Crippen molar-refractivity contribution in [3.63, 3.8) is 0 Å². The molecule has 1 aliphatic rings. The van der Waals surface area contributed by atoms with Crippen LogP contribution < -0.4 is 5.32 Å². The van der Waals surface area contributed by atoms with Crippen LogP contribution in [0.1, 0.15) is 44.8 Å². The molecule has 0 bridgehead atoms. The average molecular weight is 318 g/mol. The summed E-state index contributed by atoms with van der Waals surface area (Å²) >= 11 is 1.80.